The molecule has 0 aliphatic carbocycles. The van der Waals surface area contributed by atoms with Crippen LogP contribution in [0.4, 0.5) is 10.7 Å². The summed E-state index contributed by atoms with van der Waals surface area (Å²) in [6.45, 7) is 2.12. The second kappa shape index (κ2) is 5.50. The number of nitrogens with two attached hydrogens (primary N) is 1. The summed E-state index contributed by atoms with van der Waals surface area (Å²) in [4.78, 5) is 18.4. The first-order valence-corrected chi connectivity index (χ1v) is 5.05. The van der Waals surface area contributed by atoms with Gasteiger partial charge in [0.15, 0.2) is 0 Å². The zero-order valence-corrected chi connectivity index (χ0v) is 9.69. The van der Waals surface area contributed by atoms with Gasteiger partial charge >= 0.3 is 6.09 Å². The van der Waals surface area contributed by atoms with E-state index in [1.54, 1.807) is 19.2 Å². The average Bonchev–Trinajstić information content (AvgIpc) is 2.14. The molecule has 6 nitrogen and oxygen atoms in total. The average molecular weight is 275 g/mol. The molecule has 1 atom stereocenters. The second-order valence-corrected chi connectivity index (χ2v) is 3.64. The summed E-state index contributed by atoms with van der Waals surface area (Å²) in [6, 6.07) is 1.72. The molecule has 1 unspecified atom stereocenters. The van der Waals surface area contributed by atoms with Gasteiger partial charge in [-0.2, -0.15) is 0 Å². The fourth-order valence-electron chi connectivity index (χ4n) is 0.897. The molecule has 0 saturated heterocycles. The molecule has 0 aliphatic rings. The number of hydrogen-bond donors (Lipinski definition) is 2. The van der Waals surface area contributed by atoms with Gasteiger partial charge < -0.3 is 15.8 Å². The van der Waals surface area contributed by atoms with E-state index in [2.05, 4.69) is 31.2 Å². The normalized spacial score (nSPS) is 11.9. The number of hydrogen-bond acceptors (Lipinski definition) is 5. The third-order valence-corrected chi connectivity index (χ3v) is 1.93. The lowest BCUT2D eigenvalue weighted by Gasteiger charge is -2.11. The number of carbonyl (C=O) groups is 1. The number of nitrogens with one attached hydrogen (secondary N) is 1. The summed E-state index contributed by atoms with van der Waals surface area (Å²) >= 11 is 3.21. The van der Waals surface area contributed by atoms with Crippen molar-refractivity contribution in [3.05, 3.63) is 16.9 Å². The lowest BCUT2D eigenvalue weighted by molar-refractivity contribution is 0.122. The quantitative estimate of drug-likeness (QED) is 0.804. The Balaban J connectivity index is 2.40. The minimum absolute atomic E-state index is 0.329. The number of amides is 1. The van der Waals surface area contributed by atoms with E-state index >= 15 is 0 Å². The highest BCUT2D eigenvalue weighted by molar-refractivity contribution is 9.10. The smallest absolute Gasteiger partial charge is 0.404 e. The van der Waals surface area contributed by atoms with Gasteiger partial charge in [0.2, 0.25) is 5.95 Å². The maximum atomic E-state index is 10.4. The number of nitrogens with zero attached hydrogens (tertiary/aromatic N) is 2. The largest absolute Gasteiger partial charge is 0.445 e. The van der Waals surface area contributed by atoms with Crippen molar-refractivity contribution >= 4 is 28.0 Å². The Bertz CT molecular complexity index is 347. The van der Waals surface area contributed by atoms with Gasteiger partial charge in [-0.05, 0) is 28.9 Å². The highest BCUT2D eigenvalue weighted by atomic mass is 79.9. The highest BCUT2D eigenvalue weighted by Gasteiger charge is 2.06. The Kier molecular flexibility index (Phi) is 4.29. The summed E-state index contributed by atoms with van der Waals surface area (Å²) < 4.78 is 5.40. The third kappa shape index (κ3) is 4.59. The lowest BCUT2D eigenvalue weighted by Crippen LogP contribution is -2.26. The van der Waals surface area contributed by atoms with E-state index in [0.717, 1.165) is 0 Å². The minimum Gasteiger partial charge on any atom is -0.445 e. The molecule has 0 aliphatic heterocycles. The fraction of sp³-hybridized carbons (Fsp3) is 0.375. The van der Waals surface area contributed by atoms with Crippen LogP contribution in [0.5, 0.6) is 0 Å². The zero-order chi connectivity index (χ0) is 11.3. The second-order valence-electron chi connectivity index (χ2n) is 2.83. The van der Waals surface area contributed by atoms with Crippen molar-refractivity contribution in [3.63, 3.8) is 0 Å². The number of ether oxygens (including phenoxy) is 1. The maximum absolute atomic E-state index is 10.4. The van der Waals surface area contributed by atoms with E-state index in [1.165, 1.54) is 0 Å². The molecule has 0 saturated carbocycles. The van der Waals surface area contributed by atoms with Crippen molar-refractivity contribution in [1.29, 1.82) is 0 Å². The highest BCUT2D eigenvalue weighted by Crippen LogP contribution is 2.06. The SMILES string of the molecule is CC(CNc1nccc(Br)n1)OC(N)=O. The third-order valence-electron chi connectivity index (χ3n) is 1.49. The number of halogens is 1. The van der Waals surface area contributed by atoms with Crippen molar-refractivity contribution < 1.29 is 9.53 Å². The van der Waals surface area contributed by atoms with Crippen molar-refractivity contribution in [2.75, 3.05) is 11.9 Å². The van der Waals surface area contributed by atoms with Crippen LogP contribution in [0.15, 0.2) is 16.9 Å². The molecule has 15 heavy (non-hydrogen) atoms. The Morgan fingerprint density at radius 2 is 2.53 bits per heavy atom. The van der Waals surface area contributed by atoms with E-state index in [-0.39, 0.29) is 6.10 Å². The van der Waals surface area contributed by atoms with Gasteiger partial charge in [-0.3, -0.25) is 0 Å². The van der Waals surface area contributed by atoms with Crippen LogP contribution < -0.4 is 11.1 Å². The van der Waals surface area contributed by atoms with Crippen LogP contribution in [-0.2, 0) is 4.74 Å². The number of aromatic nitrogens is 2. The predicted molar refractivity (Wildman–Crippen MR) is 58.4 cm³/mol. The van der Waals surface area contributed by atoms with Crippen LogP contribution in [0, 0.1) is 0 Å². The van der Waals surface area contributed by atoms with Crippen LogP contribution >= 0.6 is 15.9 Å². The monoisotopic (exact) mass is 274 g/mol. The van der Waals surface area contributed by atoms with Crippen molar-refractivity contribution in [1.82, 2.24) is 9.97 Å². The van der Waals surface area contributed by atoms with Crippen molar-refractivity contribution in [2.24, 2.45) is 5.73 Å². The van der Waals surface area contributed by atoms with Crippen LogP contribution in [0.3, 0.4) is 0 Å². The first kappa shape index (κ1) is 11.7. The van der Waals surface area contributed by atoms with Crippen molar-refractivity contribution in [3.8, 4) is 0 Å². The van der Waals surface area contributed by atoms with Gasteiger partial charge in [0.05, 0.1) is 6.54 Å². The molecule has 0 radical (unpaired) electrons. The van der Waals surface area contributed by atoms with Gasteiger partial charge in [-0.1, -0.05) is 0 Å². The molecule has 1 aromatic heterocycles. The van der Waals surface area contributed by atoms with Crippen LogP contribution in [0.1, 0.15) is 6.92 Å². The lowest BCUT2D eigenvalue weighted by atomic mass is 10.4. The minimum atomic E-state index is -0.792. The summed E-state index contributed by atoms with van der Waals surface area (Å²) in [5.41, 5.74) is 4.86. The molecule has 1 rings (SSSR count). The number of primary amides is 1. The molecule has 3 N–H and O–H groups in total. The molecule has 0 spiro atoms. The van der Waals surface area contributed by atoms with E-state index in [0.29, 0.717) is 17.1 Å². The predicted octanol–water partition coefficient (Wildman–Crippen LogP) is 1.13. The molecule has 0 fully saturated rings. The molecule has 1 heterocycles. The molecule has 1 aromatic rings. The Hall–Kier alpha value is -1.37. The fourth-order valence-corrected chi connectivity index (χ4v) is 1.18. The standard InChI is InChI=1S/C8H11BrN4O2/c1-5(15-7(10)14)4-12-8-11-3-2-6(9)13-8/h2-3,5H,4H2,1H3,(H2,10,14)(H,11,12,13). The van der Waals surface area contributed by atoms with E-state index in [9.17, 15) is 4.79 Å². The van der Waals surface area contributed by atoms with Crippen molar-refractivity contribution in [2.45, 2.75) is 13.0 Å². The summed E-state index contributed by atoms with van der Waals surface area (Å²) in [7, 11) is 0. The van der Waals surface area contributed by atoms with Gasteiger partial charge in [-0.25, -0.2) is 14.8 Å². The van der Waals surface area contributed by atoms with Crippen LogP contribution in [-0.4, -0.2) is 28.7 Å². The first-order chi connectivity index (χ1) is 7.08. The summed E-state index contributed by atoms with van der Waals surface area (Å²) in [5, 5.41) is 2.91. The first-order valence-electron chi connectivity index (χ1n) is 4.26. The van der Waals surface area contributed by atoms with Gasteiger partial charge in [0.25, 0.3) is 0 Å². The topological polar surface area (TPSA) is 90.1 Å². The molecule has 82 valence electrons. The zero-order valence-electron chi connectivity index (χ0n) is 8.11. The molecule has 7 heteroatoms. The van der Waals surface area contributed by atoms with E-state index in [4.69, 9.17) is 10.5 Å². The Morgan fingerprint density at radius 1 is 1.80 bits per heavy atom. The Morgan fingerprint density at radius 3 is 3.13 bits per heavy atom. The number of rotatable bonds is 4. The van der Waals surface area contributed by atoms with E-state index in [1.807, 2.05) is 0 Å². The van der Waals surface area contributed by atoms with E-state index < -0.39 is 6.09 Å². The molecular formula is C8H11BrN4O2. The maximum Gasteiger partial charge on any atom is 0.404 e. The Labute approximate surface area is 95.4 Å². The van der Waals surface area contributed by atoms with Gasteiger partial charge in [-0.15, -0.1) is 0 Å². The molecule has 1 amide bonds. The summed E-state index contributed by atoms with van der Waals surface area (Å²) in [5.74, 6) is 0.462. The van der Waals surface area contributed by atoms with Gasteiger partial charge in [0.1, 0.15) is 10.7 Å². The molecular weight excluding hydrogens is 264 g/mol. The molecule has 0 aromatic carbocycles. The number of carbonyl (C=O) groups excluding carboxylic acids is 1. The summed E-state index contributed by atoms with van der Waals surface area (Å²) in [6.07, 6.45) is 0.489. The van der Waals surface area contributed by atoms with Crippen LogP contribution in [0.25, 0.3) is 0 Å². The van der Waals surface area contributed by atoms with Gasteiger partial charge in [0, 0.05) is 6.20 Å². The number of anilines is 1. The van der Waals surface area contributed by atoms with Crippen LogP contribution in [0.2, 0.25) is 0 Å². The molecule has 0 bridgehead atoms.